The van der Waals surface area contributed by atoms with Crippen LogP contribution in [0.15, 0.2) is 30.6 Å². The molecule has 0 bridgehead atoms. The molecule has 0 aromatic carbocycles. The predicted octanol–water partition coefficient (Wildman–Crippen LogP) is 2.55. The van der Waals surface area contributed by atoms with Crippen molar-refractivity contribution in [3.63, 3.8) is 0 Å². The lowest BCUT2D eigenvalue weighted by Crippen LogP contribution is -2.25. The van der Waals surface area contributed by atoms with Crippen LogP contribution < -0.4 is 5.32 Å². The molecule has 0 amide bonds. The Morgan fingerprint density at radius 3 is 3.00 bits per heavy atom. The normalized spacial score (nSPS) is 20.6. The van der Waals surface area contributed by atoms with E-state index in [1.807, 2.05) is 34.7 Å². The largest absolute Gasteiger partial charge is 0.373 e. The van der Waals surface area contributed by atoms with Gasteiger partial charge in [-0.1, -0.05) is 6.07 Å². The van der Waals surface area contributed by atoms with Gasteiger partial charge in [-0.3, -0.25) is 4.68 Å². The monoisotopic (exact) mass is 339 g/mol. The van der Waals surface area contributed by atoms with E-state index < -0.39 is 0 Å². The van der Waals surface area contributed by atoms with Crippen molar-refractivity contribution in [2.24, 2.45) is 13.0 Å². The summed E-state index contributed by atoms with van der Waals surface area (Å²) in [5, 5.41) is 12.6. The zero-order valence-electron chi connectivity index (χ0n) is 15.1. The van der Waals surface area contributed by atoms with E-state index in [-0.39, 0.29) is 6.10 Å². The number of rotatable bonds is 5. The fourth-order valence-electron chi connectivity index (χ4n) is 3.88. The van der Waals surface area contributed by atoms with Crippen LogP contribution in [-0.4, -0.2) is 32.5 Å². The van der Waals surface area contributed by atoms with Crippen LogP contribution >= 0.6 is 0 Å². The molecule has 132 valence electrons. The van der Waals surface area contributed by atoms with Crippen molar-refractivity contribution in [3.8, 4) is 0 Å². The summed E-state index contributed by atoms with van der Waals surface area (Å²) < 4.78 is 9.95. The van der Waals surface area contributed by atoms with Gasteiger partial charge in [-0.15, -0.1) is 0 Å². The Kier molecular flexibility index (Phi) is 4.31. The zero-order valence-corrected chi connectivity index (χ0v) is 15.1. The summed E-state index contributed by atoms with van der Waals surface area (Å²) in [6.45, 7) is 6.78. The maximum atomic E-state index is 6.07. The Hall–Kier alpha value is -2.18. The first-order chi connectivity index (χ1) is 12.1. The third kappa shape index (κ3) is 2.96. The highest BCUT2D eigenvalue weighted by Gasteiger charge is 2.33. The van der Waals surface area contributed by atoms with E-state index in [0.29, 0.717) is 5.92 Å². The summed E-state index contributed by atoms with van der Waals surface area (Å²) in [6.07, 6.45) is 5.15. The summed E-state index contributed by atoms with van der Waals surface area (Å²) >= 11 is 0. The molecular weight excluding hydrogens is 314 g/mol. The smallest absolute Gasteiger partial charge is 0.0901 e. The van der Waals surface area contributed by atoms with Gasteiger partial charge in [0, 0.05) is 55.7 Å². The lowest BCUT2D eigenvalue weighted by atomic mass is 9.94. The van der Waals surface area contributed by atoms with Crippen LogP contribution in [0.5, 0.6) is 0 Å². The van der Waals surface area contributed by atoms with Crippen molar-refractivity contribution < 1.29 is 4.74 Å². The second-order valence-electron chi connectivity index (χ2n) is 6.88. The topological polar surface area (TPSA) is 56.4 Å². The van der Waals surface area contributed by atoms with E-state index in [1.54, 1.807) is 0 Å². The number of nitrogens with zero attached hydrogens (tertiary/aromatic N) is 4. The fraction of sp³-hybridized carbons (Fsp3) is 0.474. The molecule has 1 aliphatic rings. The van der Waals surface area contributed by atoms with E-state index in [9.17, 15) is 0 Å². The highest BCUT2D eigenvalue weighted by atomic mass is 16.5. The standard InChI is InChI=1S/C19H25N5O/c1-13-18(14(2)23(3)22-13)19-15(7-9-25-19)10-20-11-16-12-21-24-8-5-4-6-17(16)24/h4-6,8,12,15,19-20H,7,9-11H2,1-3H3. The van der Waals surface area contributed by atoms with Crippen molar-refractivity contribution in [2.75, 3.05) is 13.2 Å². The molecule has 2 atom stereocenters. The van der Waals surface area contributed by atoms with Gasteiger partial charge in [0.05, 0.1) is 23.5 Å². The van der Waals surface area contributed by atoms with Gasteiger partial charge in [-0.05, 0) is 32.4 Å². The number of ether oxygens (including phenoxy) is 1. The Morgan fingerprint density at radius 1 is 1.32 bits per heavy atom. The molecule has 1 saturated heterocycles. The second kappa shape index (κ2) is 6.61. The van der Waals surface area contributed by atoms with Crippen LogP contribution in [0, 0.1) is 19.8 Å². The summed E-state index contributed by atoms with van der Waals surface area (Å²) in [5.41, 5.74) is 5.94. The Bertz CT molecular complexity index is 881. The van der Waals surface area contributed by atoms with Crippen molar-refractivity contribution in [3.05, 3.63) is 53.1 Å². The molecule has 0 aliphatic carbocycles. The first kappa shape index (κ1) is 16.3. The van der Waals surface area contributed by atoms with E-state index in [4.69, 9.17) is 4.74 Å². The van der Waals surface area contributed by atoms with E-state index in [1.165, 1.54) is 16.8 Å². The molecular formula is C19H25N5O. The summed E-state index contributed by atoms with van der Waals surface area (Å²) in [7, 11) is 2.00. The quantitative estimate of drug-likeness (QED) is 0.776. The molecule has 3 aromatic heterocycles. The molecule has 0 saturated carbocycles. The Balaban J connectivity index is 1.43. The molecule has 4 heterocycles. The van der Waals surface area contributed by atoms with Crippen LogP contribution in [-0.2, 0) is 18.3 Å². The van der Waals surface area contributed by atoms with Crippen LogP contribution in [0.3, 0.4) is 0 Å². The lowest BCUT2D eigenvalue weighted by molar-refractivity contribution is 0.0894. The summed E-state index contributed by atoms with van der Waals surface area (Å²) in [4.78, 5) is 0. The molecule has 4 rings (SSSR count). The van der Waals surface area contributed by atoms with Gasteiger partial charge in [0.15, 0.2) is 0 Å². The molecule has 2 unspecified atom stereocenters. The molecule has 25 heavy (non-hydrogen) atoms. The SMILES string of the molecule is Cc1nn(C)c(C)c1C1OCCC1CNCc1cnn2ccccc12. The Labute approximate surface area is 147 Å². The maximum absolute atomic E-state index is 6.07. The molecule has 0 radical (unpaired) electrons. The minimum absolute atomic E-state index is 0.144. The molecule has 1 N–H and O–H groups in total. The molecule has 1 aliphatic heterocycles. The molecule has 6 nitrogen and oxygen atoms in total. The van der Waals surface area contributed by atoms with Gasteiger partial charge in [0.1, 0.15) is 0 Å². The average Bonchev–Trinajstić information content (AvgIpc) is 3.28. The highest BCUT2D eigenvalue weighted by molar-refractivity contribution is 5.53. The van der Waals surface area contributed by atoms with Gasteiger partial charge in [-0.2, -0.15) is 10.2 Å². The fourth-order valence-corrected chi connectivity index (χ4v) is 3.88. The third-order valence-corrected chi connectivity index (χ3v) is 5.29. The van der Waals surface area contributed by atoms with Gasteiger partial charge in [0.25, 0.3) is 0 Å². The van der Waals surface area contributed by atoms with E-state index in [2.05, 4.69) is 41.5 Å². The third-order valence-electron chi connectivity index (χ3n) is 5.29. The number of aromatic nitrogens is 4. The Morgan fingerprint density at radius 2 is 2.20 bits per heavy atom. The number of aryl methyl sites for hydroxylation is 2. The number of fused-ring (bicyclic) bond motifs is 1. The van der Waals surface area contributed by atoms with Crippen LogP contribution in [0.2, 0.25) is 0 Å². The molecule has 1 fully saturated rings. The summed E-state index contributed by atoms with van der Waals surface area (Å²) in [5.74, 6) is 0.475. The van der Waals surface area contributed by atoms with Crippen molar-refractivity contribution in [1.82, 2.24) is 24.7 Å². The number of pyridine rings is 1. The van der Waals surface area contributed by atoms with E-state index >= 15 is 0 Å². The number of hydrogen-bond acceptors (Lipinski definition) is 4. The average molecular weight is 339 g/mol. The minimum Gasteiger partial charge on any atom is -0.373 e. The molecule has 6 heteroatoms. The summed E-state index contributed by atoms with van der Waals surface area (Å²) in [6, 6.07) is 6.15. The van der Waals surface area contributed by atoms with Gasteiger partial charge in [-0.25, -0.2) is 4.52 Å². The predicted molar refractivity (Wildman–Crippen MR) is 96.4 cm³/mol. The number of hydrogen-bond donors (Lipinski definition) is 1. The highest BCUT2D eigenvalue weighted by Crippen LogP contribution is 2.37. The van der Waals surface area contributed by atoms with Crippen LogP contribution in [0.1, 0.15) is 35.0 Å². The first-order valence-electron chi connectivity index (χ1n) is 8.89. The maximum Gasteiger partial charge on any atom is 0.0901 e. The van der Waals surface area contributed by atoms with Crippen molar-refractivity contribution >= 4 is 5.52 Å². The first-order valence-corrected chi connectivity index (χ1v) is 8.89. The van der Waals surface area contributed by atoms with Crippen LogP contribution in [0.25, 0.3) is 5.52 Å². The number of nitrogens with one attached hydrogen (secondary N) is 1. The van der Waals surface area contributed by atoms with E-state index in [0.717, 1.165) is 37.3 Å². The van der Waals surface area contributed by atoms with Gasteiger partial charge < -0.3 is 10.1 Å². The molecule has 3 aromatic rings. The van der Waals surface area contributed by atoms with Crippen LogP contribution in [0.4, 0.5) is 0 Å². The second-order valence-corrected chi connectivity index (χ2v) is 6.88. The van der Waals surface area contributed by atoms with Gasteiger partial charge in [0.2, 0.25) is 0 Å². The minimum atomic E-state index is 0.144. The lowest BCUT2D eigenvalue weighted by Gasteiger charge is -2.19. The van der Waals surface area contributed by atoms with Crippen molar-refractivity contribution in [1.29, 1.82) is 0 Å². The van der Waals surface area contributed by atoms with Crippen molar-refractivity contribution in [2.45, 2.75) is 32.9 Å². The zero-order chi connectivity index (χ0) is 17.4. The van der Waals surface area contributed by atoms with Gasteiger partial charge >= 0.3 is 0 Å². The molecule has 0 spiro atoms.